The van der Waals surface area contributed by atoms with Crippen LogP contribution in [0.3, 0.4) is 0 Å². The van der Waals surface area contributed by atoms with Crippen molar-refractivity contribution in [1.82, 2.24) is 0 Å². The van der Waals surface area contributed by atoms with Gasteiger partial charge in [-0.05, 0) is 25.5 Å². The highest BCUT2D eigenvalue weighted by Gasteiger charge is 2.51. The molecular weight excluding hydrogens is 326 g/mol. The fraction of sp³-hybridized carbons (Fsp3) is 0.556. The Bertz CT molecular complexity index is 692. The Morgan fingerprint density at radius 3 is 2.88 bits per heavy atom. The maximum atomic E-state index is 12.9. The number of esters is 2. The van der Waals surface area contributed by atoms with E-state index in [1.807, 2.05) is 0 Å². The maximum absolute atomic E-state index is 12.9. The third-order valence-electron chi connectivity index (χ3n) is 5.42. The molecule has 4 atom stereocenters. The number of cyclic esters (lactones) is 1. The molecule has 3 aliphatic heterocycles. The van der Waals surface area contributed by atoms with E-state index in [2.05, 4.69) is 6.58 Å². The molecule has 0 radical (unpaired) electrons. The monoisotopic (exact) mass is 349 g/mol. The molecule has 1 N–H and O–H groups in total. The highest BCUT2D eigenvalue weighted by atomic mass is 16.6. The Hall–Kier alpha value is -1.96. The minimum absolute atomic E-state index is 0.00507. The number of rotatable bonds is 0. The zero-order chi connectivity index (χ0) is 18.4. The van der Waals surface area contributed by atoms with E-state index in [0.717, 1.165) is 0 Å². The van der Waals surface area contributed by atoms with Crippen LogP contribution in [0.2, 0.25) is 0 Å². The summed E-state index contributed by atoms with van der Waals surface area (Å²) in [5, 5.41) is 23.4. The summed E-state index contributed by atoms with van der Waals surface area (Å²) >= 11 is 0. The molecule has 0 aliphatic carbocycles. The number of hydrogen-bond acceptors (Lipinski definition) is 6. The van der Waals surface area contributed by atoms with Gasteiger partial charge in [0, 0.05) is 24.0 Å². The first-order valence-electron chi connectivity index (χ1n) is 8.40. The second kappa shape index (κ2) is 6.09. The van der Waals surface area contributed by atoms with Crippen molar-refractivity contribution in [2.75, 3.05) is 19.7 Å². The summed E-state index contributed by atoms with van der Waals surface area (Å²) in [4.78, 5) is 24.8. The minimum atomic E-state index is -1.93. The third kappa shape index (κ3) is 2.92. The molecule has 7 nitrogen and oxygen atoms in total. The lowest BCUT2D eigenvalue weighted by Gasteiger charge is -2.40. The molecule has 0 aromatic heterocycles. The van der Waals surface area contributed by atoms with Gasteiger partial charge in [0.05, 0.1) is 13.1 Å². The van der Waals surface area contributed by atoms with Crippen LogP contribution in [0.15, 0.2) is 35.5 Å². The van der Waals surface area contributed by atoms with Crippen molar-refractivity contribution in [3.8, 4) is 0 Å². The van der Waals surface area contributed by atoms with E-state index in [1.54, 1.807) is 19.1 Å². The molecule has 0 aromatic rings. The van der Waals surface area contributed by atoms with Crippen LogP contribution in [0.5, 0.6) is 0 Å². The zero-order valence-electron chi connectivity index (χ0n) is 14.5. The van der Waals surface area contributed by atoms with Crippen LogP contribution >= 0.6 is 0 Å². The van der Waals surface area contributed by atoms with Crippen molar-refractivity contribution in [2.45, 2.75) is 44.4 Å². The predicted octanol–water partition coefficient (Wildman–Crippen LogP) is 1.13. The van der Waals surface area contributed by atoms with E-state index in [9.17, 15) is 19.9 Å². The highest BCUT2D eigenvalue weighted by Crippen LogP contribution is 2.39. The Morgan fingerprint density at radius 1 is 1.48 bits per heavy atom. The van der Waals surface area contributed by atoms with Gasteiger partial charge in [0.15, 0.2) is 17.7 Å². The zero-order valence-corrected chi connectivity index (χ0v) is 14.5. The van der Waals surface area contributed by atoms with E-state index in [4.69, 9.17) is 9.47 Å². The molecule has 3 rings (SSSR count). The van der Waals surface area contributed by atoms with Crippen molar-refractivity contribution >= 4 is 11.9 Å². The minimum Gasteiger partial charge on any atom is -0.632 e. The Balaban J connectivity index is 1.96. The van der Waals surface area contributed by atoms with Gasteiger partial charge in [0.25, 0.3) is 0 Å². The van der Waals surface area contributed by atoms with Gasteiger partial charge in [-0.15, -0.1) is 0 Å². The first-order valence-corrected chi connectivity index (χ1v) is 8.40. The lowest BCUT2D eigenvalue weighted by Crippen LogP contribution is -2.48. The normalized spacial score (nSPS) is 40.7. The quantitative estimate of drug-likeness (QED) is 0.231. The first kappa shape index (κ1) is 17.8. The molecule has 3 unspecified atom stereocenters. The van der Waals surface area contributed by atoms with E-state index in [-0.39, 0.29) is 30.7 Å². The number of ether oxygens (including phenoxy) is 2. The van der Waals surface area contributed by atoms with Crippen molar-refractivity contribution in [3.63, 3.8) is 0 Å². The number of carbonyl (C=O) groups excluding carboxylic acids is 2. The summed E-state index contributed by atoms with van der Waals surface area (Å²) in [6.45, 7) is 7.22. The van der Waals surface area contributed by atoms with Gasteiger partial charge in [0.2, 0.25) is 0 Å². The van der Waals surface area contributed by atoms with E-state index >= 15 is 0 Å². The maximum Gasteiger partial charge on any atom is 0.342 e. The topological polar surface area (TPSA) is 95.9 Å². The molecule has 7 heteroatoms. The Labute approximate surface area is 146 Å². The second-order valence-electron chi connectivity index (χ2n) is 7.06. The number of nitrogens with zero attached hydrogens (tertiary/aromatic N) is 1. The highest BCUT2D eigenvalue weighted by molar-refractivity contribution is 5.90. The molecule has 136 valence electrons. The standard InChI is InChI=1S/C18H23NO6/c1-4-12-9-11(2)18(3,22)17(21)24-10-13-5-7-19(23)8-6-14(15(13)19)25-16(12)20/h4-5,14-15,22H,2,6-10H2,1,3H3/t14?,15?,18-,19?/m1/s1. The van der Waals surface area contributed by atoms with E-state index < -0.39 is 34.3 Å². The van der Waals surface area contributed by atoms with Gasteiger partial charge in [-0.25, -0.2) is 9.59 Å². The van der Waals surface area contributed by atoms with Gasteiger partial charge in [-0.2, -0.15) is 0 Å². The largest absolute Gasteiger partial charge is 0.632 e. The average molecular weight is 349 g/mol. The van der Waals surface area contributed by atoms with Crippen molar-refractivity contribution in [1.29, 1.82) is 0 Å². The van der Waals surface area contributed by atoms with Crippen molar-refractivity contribution in [3.05, 3.63) is 40.7 Å². The summed E-state index contributed by atoms with van der Waals surface area (Å²) < 4.78 is 10.4. The fourth-order valence-corrected chi connectivity index (χ4v) is 3.69. The van der Waals surface area contributed by atoms with Crippen molar-refractivity contribution < 1.29 is 28.8 Å². The summed E-state index contributed by atoms with van der Waals surface area (Å²) in [6.07, 6.45) is 3.24. The van der Waals surface area contributed by atoms with Crippen LogP contribution in [0.4, 0.5) is 0 Å². The molecule has 0 bridgehead atoms. The number of allylic oxidation sites excluding steroid dienone is 1. The number of hydroxylamine groups is 3. The van der Waals surface area contributed by atoms with Gasteiger partial charge in [-0.3, -0.25) is 0 Å². The molecular formula is C18H23NO6. The fourth-order valence-electron chi connectivity index (χ4n) is 3.69. The molecule has 2 fully saturated rings. The Morgan fingerprint density at radius 2 is 2.20 bits per heavy atom. The van der Waals surface area contributed by atoms with Crippen LogP contribution < -0.4 is 0 Å². The van der Waals surface area contributed by atoms with Gasteiger partial charge < -0.3 is 24.4 Å². The predicted molar refractivity (Wildman–Crippen MR) is 88.8 cm³/mol. The lowest BCUT2D eigenvalue weighted by atomic mass is 9.91. The van der Waals surface area contributed by atoms with Gasteiger partial charge >= 0.3 is 11.9 Å². The Kier molecular flexibility index (Phi) is 4.35. The van der Waals surface area contributed by atoms with Crippen LogP contribution in [-0.2, 0) is 19.1 Å². The smallest absolute Gasteiger partial charge is 0.342 e. The molecule has 2 saturated heterocycles. The molecule has 0 amide bonds. The summed E-state index contributed by atoms with van der Waals surface area (Å²) in [5.41, 5.74) is -0.841. The summed E-state index contributed by atoms with van der Waals surface area (Å²) in [7, 11) is 0. The number of quaternary nitrogens is 1. The van der Waals surface area contributed by atoms with Crippen molar-refractivity contribution in [2.24, 2.45) is 0 Å². The summed E-state index contributed by atoms with van der Waals surface area (Å²) in [5.74, 6) is -1.38. The lowest BCUT2D eigenvalue weighted by molar-refractivity contribution is -0.877. The molecule has 0 aromatic carbocycles. The molecule has 3 aliphatic rings. The number of carbonyl (C=O) groups is 2. The first-order chi connectivity index (χ1) is 11.7. The summed E-state index contributed by atoms with van der Waals surface area (Å²) in [6, 6.07) is -0.553. The molecule has 0 spiro atoms. The van der Waals surface area contributed by atoms with Crippen LogP contribution in [-0.4, -0.2) is 59.1 Å². The SMILES string of the molecule is C=C1CC(=CC)C(=O)OC2CC[N+]3([O-])CC=C(COC(=O)[C@]1(C)O)C23. The van der Waals surface area contributed by atoms with E-state index in [0.29, 0.717) is 18.5 Å². The molecule has 3 heterocycles. The second-order valence-corrected chi connectivity index (χ2v) is 7.06. The van der Waals surface area contributed by atoms with Gasteiger partial charge in [-0.1, -0.05) is 12.7 Å². The molecule has 25 heavy (non-hydrogen) atoms. The van der Waals surface area contributed by atoms with Crippen LogP contribution in [0.1, 0.15) is 26.7 Å². The number of hydrogen-bond donors (Lipinski definition) is 1. The van der Waals surface area contributed by atoms with Crippen LogP contribution in [0, 0.1) is 5.21 Å². The van der Waals surface area contributed by atoms with E-state index in [1.165, 1.54) is 6.92 Å². The third-order valence-corrected chi connectivity index (χ3v) is 5.42. The molecule has 0 saturated carbocycles. The van der Waals surface area contributed by atoms with Crippen LogP contribution in [0.25, 0.3) is 0 Å². The average Bonchev–Trinajstić information content (AvgIpc) is 3.05. The number of aliphatic hydroxyl groups is 1. The van der Waals surface area contributed by atoms with Gasteiger partial charge in [0.1, 0.15) is 6.61 Å².